The molecule has 0 fully saturated rings. The van der Waals surface area contributed by atoms with Gasteiger partial charge in [0.2, 0.25) is 0 Å². The van der Waals surface area contributed by atoms with Crippen molar-refractivity contribution in [2.75, 3.05) is 26.4 Å². The van der Waals surface area contributed by atoms with E-state index >= 15 is 0 Å². The van der Waals surface area contributed by atoms with Crippen LogP contribution < -0.4 is 0 Å². The molecule has 0 saturated heterocycles. The normalized spacial score (nSPS) is 14.1. The fraction of sp³-hybridized carbons (Fsp3) is 0.800. The second-order valence-corrected chi connectivity index (χ2v) is 17.9. The number of phosphoric acid groups is 1. The zero-order chi connectivity index (χ0) is 44.8. The number of carbonyl (C=O) groups is 2. The van der Waals surface area contributed by atoms with E-state index < -0.39 is 51.8 Å². The predicted octanol–water partition coefficient (Wildman–Crippen LogP) is 13.7. The zero-order valence-corrected chi connectivity index (χ0v) is 39.8. The van der Waals surface area contributed by atoms with Crippen molar-refractivity contribution in [2.24, 2.45) is 0 Å². The lowest BCUT2D eigenvalue weighted by molar-refractivity contribution is -0.161. The molecule has 0 bridgehead atoms. The maximum Gasteiger partial charge on any atom is 0.472 e. The molecular weight excluding hydrogens is 792 g/mol. The van der Waals surface area contributed by atoms with Crippen molar-refractivity contribution in [2.45, 2.75) is 232 Å². The van der Waals surface area contributed by atoms with Crippen LogP contribution in [0.5, 0.6) is 0 Å². The highest BCUT2D eigenvalue weighted by Crippen LogP contribution is 2.43. The lowest BCUT2D eigenvalue weighted by Gasteiger charge is -2.20. The highest BCUT2D eigenvalue weighted by molar-refractivity contribution is 7.47. The number of rotatable bonds is 46. The van der Waals surface area contributed by atoms with Gasteiger partial charge in [-0.15, -0.1) is 0 Å². The highest BCUT2D eigenvalue weighted by atomic mass is 31.2. The van der Waals surface area contributed by atoms with Gasteiger partial charge in [0.15, 0.2) is 6.10 Å². The minimum Gasteiger partial charge on any atom is -0.462 e. The Morgan fingerprint density at radius 2 is 0.869 bits per heavy atom. The quantitative estimate of drug-likeness (QED) is 0.0233. The van der Waals surface area contributed by atoms with Gasteiger partial charge in [-0.3, -0.25) is 18.6 Å². The SMILES string of the molecule is CCCCC/C=C/C/C=C/C/C=C/C/C=C/CCCC(=O)OC[C@H](COP(=O)(O)OC[C@@H](O)CO)OC(=O)CCCCCCCCCCCCCCCCCCCCCCC. The molecule has 0 saturated carbocycles. The van der Waals surface area contributed by atoms with Crippen LogP contribution in [0.4, 0.5) is 0 Å². The molecule has 11 heteroatoms. The maximum absolute atomic E-state index is 12.7. The van der Waals surface area contributed by atoms with Crippen LogP contribution in [0.25, 0.3) is 0 Å². The summed E-state index contributed by atoms with van der Waals surface area (Å²) in [6, 6.07) is 0. The number of aliphatic hydroxyl groups excluding tert-OH is 2. The van der Waals surface area contributed by atoms with Gasteiger partial charge in [0.05, 0.1) is 19.8 Å². The van der Waals surface area contributed by atoms with Gasteiger partial charge in [-0.1, -0.05) is 204 Å². The molecular formula is C50H91O10P. The summed E-state index contributed by atoms with van der Waals surface area (Å²) in [6.45, 7) is 2.32. The van der Waals surface area contributed by atoms with Gasteiger partial charge in [-0.25, -0.2) is 4.57 Å². The minimum atomic E-state index is -4.63. The zero-order valence-electron chi connectivity index (χ0n) is 38.9. The number of allylic oxidation sites excluding steroid dienone is 8. The molecule has 0 aromatic carbocycles. The molecule has 0 aliphatic rings. The van der Waals surface area contributed by atoms with Gasteiger partial charge in [0.25, 0.3) is 0 Å². The van der Waals surface area contributed by atoms with Crippen LogP contribution >= 0.6 is 7.82 Å². The van der Waals surface area contributed by atoms with E-state index in [1.54, 1.807) is 0 Å². The lowest BCUT2D eigenvalue weighted by Crippen LogP contribution is -2.29. The fourth-order valence-corrected chi connectivity index (χ4v) is 7.48. The fourth-order valence-electron chi connectivity index (χ4n) is 6.69. The minimum absolute atomic E-state index is 0.166. The van der Waals surface area contributed by atoms with E-state index in [0.29, 0.717) is 19.3 Å². The number of aliphatic hydroxyl groups is 2. The standard InChI is InChI=1S/C50H91O10P/c1-3-5-7-9-11-13-15-17-19-21-22-23-24-26-28-30-32-34-36-38-40-42-50(54)60-48(46-59-61(55,56)58-44-47(52)43-51)45-57-49(53)41-39-37-35-33-31-29-27-25-20-18-16-14-12-10-8-6-4-2/h12,14,18,20,27,29,33,35,47-48,51-52H,3-11,13,15-17,19,21-26,28,30-32,34,36-46H2,1-2H3,(H,55,56)/b14-12+,20-18+,29-27+,35-33+/t47-,48+/m0/s1. The number of ether oxygens (including phenoxy) is 2. The van der Waals surface area contributed by atoms with Crippen molar-refractivity contribution in [3.8, 4) is 0 Å². The Morgan fingerprint density at radius 1 is 0.492 bits per heavy atom. The van der Waals surface area contributed by atoms with Gasteiger partial charge < -0.3 is 24.6 Å². The first-order valence-corrected chi connectivity index (χ1v) is 26.1. The summed E-state index contributed by atoms with van der Waals surface area (Å²) < 4.78 is 32.8. The maximum atomic E-state index is 12.7. The number of phosphoric ester groups is 1. The Bertz CT molecular complexity index is 1150. The molecule has 1 unspecified atom stereocenters. The third-order valence-corrected chi connectivity index (χ3v) is 11.4. The van der Waals surface area contributed by atoms with Crippen LogP contribution in [0, 0.1) is 0 Å². The van der Waals surface area contributed by atoms with E-state index in [-0.39, 0.29) is 19.4 Å². The number of carbonyl (C=O) groups excluding carboxylic acids is 2. The van der Waals surface area contributed by atoms with Crippen LogP contribution in [0.1, 0.15) is 219 Å². The summed E-state index contributed by atoms with van der Waals surface area (Å²) >= 11 is 0. The van der Waals surface area contributed by atoms with Crippen molar-refractivity contribution in [1.29, 1.82) is 0 Å². The summed E-state index contributed by atoms with van der Waals surface area (Å²) in [4.78, 5) is 35.1. The van der Waals surface area contributed by atoms with Crippen molar-refractivity contribution >= 4 is 19.8 Å². The van der Waals surface area contributed by atoms with Crippen molar-refractivity contribution < 1.29 is 47.8 Å². The van der Waals surface area contributed by atoms with Crippen molar-refractivity contribution in [3.05, 3.63) is 48.6 Å². The van der Waals surface area contributed by atoms with E-state index in [0.717, 1.165) is 44.9 Å². The highest BCUT2D eigenvalue weighted by Gasteiger charge is 2.27. The molecule has 61 heavy (non-hydrogen) atoms. The number of esters is 2. The monoisotopic (exact) mass is 883 g/mol. The Morgan fingerprint density at radius 3 is 1.33 bits per heavy atom. The summed E-state index contributed by atoms with van der Waals surface area (Å²) in [6.07, 6.45) is 50.9. The van der Waals surface area contributed by atoms with Gasteiger partial charge in [0.1, 0.15) is 12.7 Å². The van der Waals surface area contributed by atoms with E-state index in [2.05, 4.69) is 56.4 Å². The first kappa shape index (κ1) is 58.9. The molecule has 356 valence electrons. The van der Waals surface area contributed by atoms with Crippen LogP contribution in [0.2, 0.25) is 0 Å². The molecule has 0 radical (unpaired) electrons. The van der Waals surface area contributed by atoms with Crippen LogP contribution in [-0.4, -0.2) is 65.7 Å². The Kier molecular flexibility index (Phi) is 44.4. The number of hydrogen-bond acceptors (Lipinski definition) is 9. The van der Waals surface area contributed by atoms with E-state index in [1.807, 2.05) is 6.08 Å². The van der Waals surface area contributed by atoms with E-state index in [9.17, 15) is 24.2 Å². The summed E-state index contributed by atoms with van der Waals surface area (Å²) in [5.74, 6) is -0.983. The molecule has 3 N–H and O–H groups in total. The molecule has 0 aliphatic carbocycles. The summed E-state index contributed by atoms with van der Waals surface area (Å²) in [5, 5.41) is 18.4. The molecule has 0 amide bonds. The predicted molar refractivity (Wildman–Crippen MR) is 251 cm³/mol. The largest absolute Gasteiger partial charge is 0.472 e. The molecule has 0 rings (SSSR count). The first-order valence-electron chi connectivity index (χ1n) is 24.6. The Hall–Kier alpha value is -2.07. The van der Waals surface area contributed by atoms with Crippen molar-refractivity contribution in [3.63, 3.8) is 0 Å². The van der Waals surface area contributed by atoms with Gasteiger partial charge in [0, 0.05) is 12.8 Å². The van der Waals surface area contributed by atoms with Crippen LogP contribution in [0.15, 0.2) is 48.6 Å². The molecule has 0 aromatic heterocycles. The van der Waals surface area contributed by atoms with Crippen LogP contribution in [-0.2, 0) is 32.7 Å². The summed E-state index contributed by atoms with van der Waals surface area (Å²) in [5.41, 5.74) is 0. The third kappa shape index (κ3) is 45.8. The van der Waals surface area contributed by atoms with E-state index in [1.165, 1.54) is 128 Å². The van der Waals surface area contributed by atoms with Crippen LogP contribution in [0.3, 0.4) is 0 Å². The average molecular weight is 883 g/mol. The third-order valence-electron chi connectivity index (χ3n) is 10.5. The van der Waals surface area contributed by atoms with Gasteiger partial charge in [-0.05, 0) is 51.4 Å². The Balaban J connectivity index is 4.26. The molecule has 0 aliphatic heterocycles. The van der Waals surface area contributed by atoms with Crippen molar-refractivity contribution in [1.82, 2.24) is 0 Å². The molecule has 3 atom stereocenters. The average Bonchev–Trinajstić information content (AvgIpc) is 3.25. The van der Waals surface area contributed by atoms with E-state index in [4.69, 9.17) is 23.6 Å². The lowest BCUT2D eigenvalue weighted by atomic mass is 10.0. The second-order valence-electron chi connectivity index (χ2n) is 16.5. The van der Waals surface area contributed by atoms with Gasteiger partial charge >= 0.3 is 19.8 Å². The molecule has 0 heterocycles. The smallest absolute Gasteiger partial charge is 0.462 e. The number of hydrogen-bond donors (Lipinski definition) is 3. The second kappa shape index (κ2) is 45.9. The summed E-state index contributed by atoms with van der Waals surface area (Å²) in [7, 11) is -4.63. The molecule has 10 nitrogen and oxygen atoms in total. The molecule has 0 spiro atoms. The Labute approximate surface area is 373 Å². The number of unbranched alkanes of at least 4 members (excludes halogenated alkanes) is 24. The topological polar surface area (TPSA) is 149 Å². The first-order chi connectivity index (χ1) is 29.7. The van der Waals surface area contributed by atoms with Gasteiger partial charge in [-0.2, -0.15) is 0 Å². The molecule has 0 aromatic rings.